The third kappa shape index (κ3) is 1.94. The number of thiazole rings is 1. The number of hydrogen-bond acceptors (Lipinski definition) is 4. The fourth-order valence-electron chi connectivity index (χ4n) is 1.12. The Morgan fingerprint density at radius 3 is 2.73 bits per heavy atom. The Kier molecular flexibility index (Phi) is 2.59. The lowest BCUT2D eigenvalue weighted by molar-refractivity contribution is 0.256. The Labute approximate surface area is 90.2 Å². The van der Waals surface area contributed by atoms with Crippen LogP contribution in [0.4, 0.5) is 15.7 Å². The third-order valence-electron chi connectivity index (χ3n) is 1.71. The van der Waals surface area contributed by atoms with Crippen LogP contribution in [-0.2, 0) is 0 Å². The molecule has 0 aliphatic carbocycles. The van der Waals surface area contributed by atoms with Gasteiger partial charge in [0.15, 0.2) is 5.13 Å². The maximum Gasteiger partial charge on any atom is 0.326 e. The second kappa shape index (κ2) is 4.05. The van der Waals surface area contributed by atoms with E-state index in [-0.39, 0.29) is 0 Å². The molecule has 0 spiro atoms. The summed E-state index contributed by atoms with van der Waals surface area (Å²) in [6.45, 7) is 0. The molecule has 2 aromatic heterocycles. The number of nitrogens with two attached hydrogens (primary N) is 1. The summed E-state index contributed by atoms with van der Waals surface area (Å²) in [4.78, 5) is 20.6. The number of pyridine rings is 1. The summed E-state index contributed by atoms with van der Waals surface area (Å²) in [7, 11) is 0. The molecule has 0 bridgehead atoms. The van der Waals surface area contributed by atoms with Gasteiger partial charge in [0.1, 0.15) is 5.82 Å². The zero-order chi connectivity index (χ0) is 10.7. The minimum Gasteiger partial charge on any atom is -0.351 e. The fourth-order valence-corrected chi connectivity index (χ4v) is 1.77. The van der Waals surface area contributed by atoms with Crippen LogP contribution in [0, 0.1) is 0 Å². The van der Waals surface area contributed by atoms with Gasteiger partial charge in [0.05, 0.1) is 0 Å². The molecule has 0 fully saturated rings. The van der Waals surface area contributed by atoms with Crippen molar-refractivity contribution < 1.29 is 4.79 Å². The number of carbonyl (C=O) groups excluding carboxylic acids is 1. The van der Waals surface area contributed by atoms with Crippen molar-refractivity contribution in [2.45, 2.75) is 0 Å². The van der Waals surface area contributed by atoms with Gasteiger partial charge >= 0.3 is 6.03 Å². The number of aromatic nitrogens is 2. The lowest BCUT2D eigenvalue weighted by atomic mass is 10.4. The van der Waals surface area contributed by atoms with Crippen LogP contribution in [0.5, 0.6) is 0 Å². The summed E-state index contributed by atoms with van der Waals surface area (Å²) in [5, 5.41) is 2.29. The van der Waals surface area contributed by atoms with E-state index in [9.17, 15) is 4.79 Å². The highest BCUT2D eigenvalue weighted by molar-refractivity contribution is 7.13. The number of nitrogens with zero attached hydrogens (tertiary/aromatic N) is 3. The molecule has 0 aromatic carbocycles. The Morgan fingerprint density at radius 2 is 2.20 bits per heavy atom. The Hall–Kier alpha value is -1.95. The summed E-state index contributed by atoms with van der Waals surface area (Å²) >= 11 is 1.33. The molecule has 76 valence electrons. The lowest BCUT2D eigenvalue weighted by Gasteiger charge is -2.15. The molecule has 0 aliphatic rings. The van der Waals surface area contributed by atoms with Gasteiger partial charge in [-0.2, -0.15) is 0 Å². The van der Waals surface area contributed by atoms with Crippen LogP contribution in [-0.4, -0.2) is 16.0 Å². The van der Waals surface area contributed by atoms with Crippen molar-refractivity contribution in [3.8, 4) is 0 Å². The van der Waals surface area contributed by atoms with Gasteiger partial charge in [-0.05, 0) is 12.1 Å². The van der Waals surface area contributed by atoms with E-state index in [0.717, 1.165) is 0 Å². The summed E-state index contributed by atoms with van der Waals surface area (Å²) in [6.07, 6.45) is 3.21. The molecule has 0 atom stereocenters. The average Bonchev–Trinajstić information content (AvgIpc) is 2.72. The Morgan fingerprint density at radius 1 is 1.33 bits per heavy atom. The van der Waals surface area contributed by atoms with E-state index < -0.39 is 6.03 Å². The van der Waals surface area contributed by atoms with Crippen LogP contribution in [0.1, 0.15) is 0 Å². The molecule has 2 heterocycles. The Balaban J connectivity index is 2.42. The fraction of sp³-hybridized carbons (Fsp3) is 0. The summed E-state index contributed by atoms with van der Waals surface area (Å²) in [5.74, 6) is 0.472. The predicted molar refractivity (Wildman–Crippen MR) is 58.1 cm³/mol. The summed E-state index contributed by atoms with van der Waals surface area (Å²) < 4.78 is 0. The monoisotopic (exact) mass is 220 g/mol. The minimum atomic E-state index is -0.594. The highest BCUT2D eigenvalue weighted by Crippen LogP contribution is 2.24. The standard InChI is InChI=1S/C9H8N4OS/c10-8(14)13(9-12-5-6-15-9)7-3-1-2-4-11-7/h1-6H,(H2,10,14). The number of carbonyl (C=O) groups is 1. The molecule has 2 rings (SSSR count). The topological polar surface area (TPSA) is 72.1 Å². The van der Waals surface area contributed by atoms with Gasteiger partial charge in [-0.3, -0.25) is 0 Å². The molecule has 0 unspecified atom stereocenters. The zero-order valence-electron chi connectivity index (χ0n) is 7.70. The van der Waals surface area contributed by atoms with E-state index in [0.29, 0.717) is 10.9 Å². The molecule has 0 radical (unpaired) electrons. The number of urea groups is 1. The Bertz CT molecular complexity index is 442. The number of rotatable bonds is 2. The van der Waals surface area contributed by atoms with E-state index in [1.165, 1.54) is 16.2 Å². The molecule has 0 saturated heterocycles. The minimum absolute atomic E-state index is 0.472. The van der Waals surface area contributed by atoms with Crippen molar-refractivity contribution >= 4 is 28.3 Å². The normalized spacial score (nSPS) is 9.87. The second-order valence-electron chi connectivity index (χ2n) is 2.68. The lowest BCUT2D eigenvalue weighted by Crippen LogP contribution is -2.31. The largest absolute Gasteiger partial charge is 0.351 e. The maximum atomic E-state index is 11.3. The molecule has 2 amide bonds. The van der Waals surface area contributed by atoms with E-state index >= 15 is 0 Å². The van der Waals surface area contributed by atoms with Gasteiger partial charge in [-0.25, -0.2) is 19.7 Å². The molecule has 5 nitrogen and oxygen atoms in total. The smallest absolute Gasteiger partial charge is 0.326 e. The summed E-state index contributed by atoms with van der Waals surface area (Å²) in [5.41, 5.74) is 5.27. The summed E-state index contributed by atoms with van der Waals surface area (Å²) in [6, 6.07) is 4.66. The number of primary amides is 1. The molecule has 2 aromatic rings. The average molecular weight is 220 g/mol. The molecular weight excluding hydrogens is 212 g/mol. The SMILES string of the molecule is NC(=O)N(c1ccccn1)c1nccs1. The van der Waals surface area contributed by atoms with Gasteiger partial charge < -0.3 is 5.73 Å². The van der Waals surface area contributed by atoms with Crippen LogP contribution in [0.15, 0.2) is 36.0 Å². The van der Waals surface area contributed by atoms with Crippen LogP contribution < -0.4 is 10.6 Å². The van der Waals surface area contributed by atoms with Crippen molar-refractivity contribution in [1.29, 1.82) is 0 Å². The first-order chi connectivity index (χ1) is 7.29. The van der Waals surface area contributed by atoms with Gasteiger partial charge in [-0.1, -0.05) is 6.07 Å². The van der Waals surface area contributed by atoms with E-state index in [4.69, 9.17) is 5.73 Å². The molecule has 2 N–H and O–H groups in total. The first kappa shape index (κ1) is 9.60. The van der Waals surface area contributed by atoms with Crippen molar-refractivity contribution in [1.82, 2.24) is 9.97 Å². The maximum absolute atomic E-state index is 11.3. The second-order valence-corrected chi connectivity index (χ2v) is 3.55. The zero-order valence-corrected chi connectivity index (χ0v) is 8.52. The van der Waals surface area contributed by atoms with Gasteiger partial charge in [0.25, 0.3) is 0 Å². The molecule has 6 heteroatoms. The number of anilines is 2. The van der Waals surface area contributed by atoms with Crippen LogP contribution in [0.25, 0.3) is 0 Å². The molecule has 15 heavy (non-hydrogen) atoms. The highest BCUT2D eigenvalue weighted by Gasteiger charge is 2.17. The van der Waals surface area contributed by atoms with Crippen LogP contribution in [0.3, 0.4) is 0 Å². The first-order valence-electron chi connectivity index (χ1n) is 4.19. The van der Waals surface area contributed by atoms with Crippen LogP contribution >= 0.6 is 11.3 Å². The molecule has 0 saturated carbocycles. The van der Waals surface area contributed by atoms with Crippen LogP contribution in [0.2, 0.25) is 0 Å². The van der Waals surface area contributed by atoms with Crippen molar-refractivity contribution in [2.75, 3.05) is 4.90 Å². The molecule has 0 aliphatic heterocycles. The highest BCUT2D eigenvalue weighted by atomic mass is 32.1. The third-order valence-corrected chi connectivity index (χ3v) is 2.47. The van der Waals surface area contributed by atoms with Gasteiger partial charge in [0, 0.05) is 17.8 Å². The van der Waals surface area contributed by atoms with Gasteiger partial charge in [-0.15, -0.1) is 11.3 Å². The quantitative estimate of drug-likeness (QED) is 0.838. The first-order valence-corrected chi connectivity index (χ1v) is 5.07. The molecular formula is C9H8N4OS. The van der Waals surface area contributed by atoms with Crippen molar-refractivity contribution in [3.63, 3.8) is 0 Å². The van der Waals surface area contributed by atoms with E-state index in [1.54, 1.807) is 36.0 Å². The van der Waals surface area contributed by atoms with Gasteiger partial charge in [0.2, 0.25) is 0 Å². The number of amides is 2. The number of hydrogen-bond donors (Lipinski definition) is 1. The van der Waals surface area contributed by atoms with Crippen molar-refractivity contribution in [2.24, 2.45) is 5.73 Å². The van der Waals surface area contributed by atoms with E-state index in [2.05, 4.69) is 9.97 Å². The van der Waals surface area contributed by atoms with E-state index in [1.807, 2.05) is 0 Å². The van der Waals surface area contributed by atoms with Crippen molar-refractivity contribution in [3.05, 3.63) is 36.0 Å². The predicted octanol–water partition coefficient (Wildman–Crippen LogP) is 1.75.